The second kappa shape index (κ2) is 11.6. The van der Waals surface area contributed by atoms with Gasteiger partial charge in [-0.25, -0.2) is 4.39 Å². The van der Waals surface area contributed by atoms with Crippen LogP contribution in [0.5, 0.6) is 5.75 Å². The van der Waals surface area contributed by atoms with Crippen molar-refractivity contribution in [3.63, 3.8) is 0 Å². The third-order valence-corrected chi connectivity index (χ3v) is 3.12. The molecule has 0 bridgehead atoms. The fourth-order valence-electron chi connectivity index (χ4n) is 2.01. The van der Waals surface area contributed by atoms with Crippen LogP contribution in [0.3, 0.4) is 0 Å². The number of nitrogens with zero attached hydrogens (tertiary/aromatic N) is 2. The monoisotopic (exact) mass is 444 g/mol. The molecule has 0 radical (unpaired) electrons. The van der Waals surface area contributed by atoms with Gasteiger partial charge in [-0.05, 0) is 36.2 Å². The lowest BCUT2D eigenvalue weighted by Gasteiger charge is -2.12. The van der Waals surface area contributed by atoms with Crippen molar-refractivity contribution in [2.45, 2.75) is 6.42 Å². The van der Waals surface area contributed by atoms with Crippen molar-refractivity contribution < 1.29 is 9.13 Å². The number of hydrogen-bond donors (Lipinski definition) is 2. The van der Waals surface area contributed by atoms with Gasteiger partial charge in [0.05, 0.1) is 12.7 Å². The minimum absolute atomic E-state index is 0. The first-order valence-electron chi connectivity index (χ1n) is 7.50. The lowest BCUT2D eigenvalue weighted by Crippen LogP contribution is -2.40. The zero-order valence-electron chi connectivity index (χ0n) is 13.5. The van der Waals surface area contributed by atoms with Crippen LogP contribution in [0, 0.1) is 5.82 Å². The molecular formula is C17H22FIN4O. The Morgan fingerprint density at radius 2 is 2.04 bits per heavy atom. The van der Waals surface area contributed by atoms with Crippen molar-refractivity contribution >= 4 is 29.9 Å². The second-order valence-corrected chi connectivity index (χ2v) is 4.84. The van der Waals surface area contributed by atoms with Gasteiger partial charge in [-0.3, -0.25) is 9.98 Å². The molecule has 0 aliphatic rings. The normalized spacial score (nSPS) is 10.7. The second-order valence-electron chi connectivity index (χ2n) is 4.84. The van der Waals surface area contributed by atoms with Crippen LogP contribution < -0.4 is 15.4 Å². The molecule has 5 nitrogen and oxygen atoms in total. The minimum Gasteiger partial charge on any atom is -0.490 e. The average molecular weight is 444 g/mol. The van der Waals surface area contributed by atoms with Gasteiger partial charge in [0.25, 0.3) is 0 Å². The van der Waals surface area contributed by atoms with Gasteiger partial charge >= 0.3 is 0 Å². The summed E-state index contributed by atoms with van der Waals surface area (Å²) in [5.74, 6) is 1.22. The van der Waals surface area contributed by atoms with Crippen molar-refractivity contribution in [2.75, 3.05) is 26.7 Å². The molecule has 0 atom stereocenters. The third-order valence-electron chi connectivity index (χ3n) is 3.12. The Balaban J connectivity index is 0.00000288. The number of nitrogens with one attached hydrogen (secondary N) is 2. The predicted octanol–water partition coefficient (Wildman–Crippen LogP) is 2.63. The van der Waals surface area contributed by atoms with Gasteiger partial charge in [-0.15, -0.1) is 24.0 Å². The molecule has 2 rings (SSSR count). The van der Waals surface area contributed by atoms with Crippen molar-refractivity contribution in [1.29, 1.82) is 0 Å². The fourth-order valence-corrected chi connectivity index (χ4v) is 2.01. The van der Waals surface area contributed by atoms with Gasteiger partial charge in [-0.1, -0.05) is 12.1 Å². The maximum Gasteiger partial charge on any atom is 0.191 e. The highest BCUT2D eigenvalue weighted by molar-refractivity contribution is 14.0. The van der Waals surface area contributed by atoms with Crippen LogP contribution in [0.15, 0.2) is 53.8 Å². The molecule has 7 heteroatoms. The Bertz CT molecular complexity index is 625. The lowest BCUT2D eigenvalue weighted by molar-refractivity contribution is 0.320. The van der Waals surface area contributed by atoms with Gasteiger partial charge in [0.2, 0.25) is 0 Å². The molecule has 1 aromatic carbocycles. The van der Waals surface area contributed by atoms with E-state index in [0.29, 0.717) is 25.7 Å². The van der Waals surface area contributed by atoms with E-state index in [1.807, 2.05) is 18.2 Å². The van der Waals surface area contributed by atoms with Crippen molar-refractivity contribution in [3.8, 4) is 5.75 Å². The maximum absolute atomic E-state index is 13.1. The van der Waals surface area contributed by atoms with Gasteiger partial charge in [-0.2, -0.15) is 0 Å². The van der Waals surface area contributed by atoms with E-state index in [1.165, 1.54) is 6.07 Å². The number of guanidine groups is 1. The minimum atomic E-state index is -0.211. The first-order valence-corrected chi connectivity index (χ1v) is 7.50. The summed E-state index contributed by atoms with van der Waals surface area (Å²) >= 11 is 0. The number of ether oxygens (including phenoxy) is 1. The molecule has 2 aromatic rings. The topological polar surface area (TPSA) is 58.5 Å². The van der Waals surface area contributed by atoms with E-state index in [4.69, 9.17) is 4.74 Å². The van der Waals surface area contributed by atoms with Crippen LogP contribution in [-0.2, 0) is 6.42 Å². The zero-order chi connectivity index (χ0) is 16.3. The number of aromatic nitrogens is 1. The van der Waals surface area contributed by atoms with E-state index in [-0.39, 0.29) is 29.8 Å². The van der Waals surface area contributed by atoms with E-state index in [9.17, 15) is 4.39 Å². The Morgan fingerprint density at radius 3 is 2.75 bits per heavy atom. The third kappa shape index (κ3) is 7.58. The van der Waals surface area contributed by atoms with E-state index >= 15 is 0 Å². The number of pyridine rings is 1. The number of benzene rings is 1. The molecule has 0 aliphatic heterocycles. The lowest BCUT2D eigenvalue weighted by atomic mass is 10.1. The summed E-state index contributed by atoms with van der Waals surface area (Å²) in [7, 11) is 1.71. The summed E-state index contributed by atoms with van der Waals surface area (Å²) < 4.78 is 18.6. The van der Waals surface area contributed by atoms with Crippen LogP contribution in [-0.4, -0.2) is 37.7 Å². The van der Waals surface area contributed by atoms with Crippen LogP contribution >= 0.6 is 24.0 Å². The smallest absolute Gasteiger partial charge is 0.191 e. The molecule has 2 N–H and O–H groups in total. The fraction of sp³-hybridized carbons (Fsp3) is 0.294. The summed E-state index contributed by atoms with van der Waals surface area (Å²) in [6, 6.07) is 10.3. The number of rotatable bonds is 7. The first kappa shape index (κ1) is 20.1. The highest BCUT2D eigenvalue weighted by atomic mass is 127. The van der Waals surface area contributed by atoms with Crippen LogP contribution in [0.1, 0.15) is 5.56 Å². The molecule has 0 spiro atoms. The molecule has 1 aromatic heterocycles. The average Bonchev–Trinajstić information content (AvgIpc) is 2.58. The molecule has 0 saturated heterocycles. The number of aliphatic imine (C=N–C) groups is 1. The summed E-state index contributed by atoms with van der Waals surface area (Å²) in [4.78, 5) is 8.12. The van der Waals surface area contributed by atoms with E-state index in [1.54, 1.807) is 31.6 Å². The van der Waals surface area contributed by atoms with Gasteiger partial charge in [0.15, 0.2) is 5.96 Å². The van der Waals surface area contributed by atoms with E-state index < -0.39 is 0 Å². The Labute approximate surface area is 158 Å². The van der Waals surface area contributed by atoms with Crippen LogP contribution in [0.2, 0.25) is 0 Å². The van der Waals surface area contributed by atoms with E-state index in [2.05, 4.69) is 20.6 Å². The first-order chi connectivity index (χ1) is 11.3. The predicted molar refractivity (Wildman–Crippen MR) is 105 cm³/mol. The molecule has 0 amide bonds. The summed E-state index contributed by atoms with van der Waals surface area (Å²) in [5, 5.41) is 6.34. The number of hydrogen-bond acceptors (Lipinski definition) is 3. The highest BCUT2D eigenvalue weighted by Crippen LogP contribution is 2.05. The van der Waals surface area contributed by atoms with Gasteiger partial charge in [0.1, 0.15) is 18.2 Å². The van der Waals surface area contributed by atoms with E-state index in [0.717, 1.165) is 17.7 Å². The molecule has 130 valence electrons. The van der Waals surface area contributed by atoms with Crippen molar-refractivity contribution in [3.05, 3.63) is 60.2 Å². The quantitative estimate of drug-likeness (QED) is 0.299. The Kier molecular flexibility index (Phi) is 9.74. The largest absolute Gasteiger partial charge is 0.490 e. The Hall–Kier alpha value is -1.90. The summed E-state index contributed by atoms with van der Waals surface area (Å²) in [5.41, 5.74) is 0.952. The standard InChI is InChI=1S/C17H21FN4O.HI/c1-19-17(21-9-7-14-4-2-5-15(18)12-14)22-10-11-23-16-6-3-8-20-13-16;/h2-6,8,12-13H,7,9-11H2,1H3,(H2,19,21,22);1H. The highest BCUT2D eigenvalue weighted by Gasteiger charge is 1.99. The maximum atomic E-state index is 13.1. The van der Waals surface area contributed by atoms with Crippen molar-refractivity contribution in [2.24, 2.45) is 4.99 Å². The molecular weight excluding hydrogens is 422 g/mol. The molecule has 1 heterocycles. The summed E-state index contributed by atoms with van der Waals surface area (Å²) in [6.07, 6.45) is 4.10. The molecule has 0 unspecified atom stereocenters. The molecule has 0 fully saturated rings. The Morgan fingerprint density at radius 1 is 1.21 bits per heavy atom. The van der Waals surface area contributed by atoms with Crippen molar-refractivity contribution in [1.82, 2.24) is 15.6 Å². The van der Waals surface area contributed by atoms with Crippen LogP contribution in [0.25, 0.3) is 0 Å². The molecule has 0 aliphatic carbocycles. The SMILES string of the molecule is CN=C(NCCOc1cccnc1)NCCc1cccc(F)c1.I. The summed E-state index contributed by atoms with van der Waals surface area (Å²) in [6.45, 7) is 1.80. The molecule has 0 saturated carbocycles. The van der Waals surface area contributed by atoms with Gasteiger partial charge in [0, 0.05) is 19.8 Å². The molecule has 24 heavy (non-hydrogen) atoms. The zero-order valence-corrected chi connectivity index (χ0v) is 15.9. The van der Waals surface area contributed by atoms with Crippen LogP contribution in [0.4, 0.5) is 4.39 Å². The number of halogens is 2. The van der Waals surface area contributed by atoms with Gasteiger partial charge < -0.3 is 15.4 Å².